The van der Waals surface area contributed by atoms with Gasteiger partial charge >= 0.3 is 6.36 Å². The van der Waals surface area contributed by atoms with Gasteiger partial charge in [-0.25, -0.2) is 4.39 Å². The molecule has 0 radical (unpaired) electrons. The van der Waals surface area contributed by atoms with Crippen LogP contribution in [0.4, 0.5) is 17.6 Å². The van der Waals surface area contributed by atoms with E-state index in [9.17, 15) is 27.9 Å². The highest BCUT2D eigenvalue weighted by molar-refractivity contribution is 5.95. The van der Waals surface area contributed by atoms with Crippen LogP contribution >= 0.6 is 0 Å². The maximum absolute atomic E-state index is 15.0. The van der Waals surface area contributed by atoms with E-state index in [1.165, 1.54) is 35.2 Å². The van der Waals surface area contributed by atoms with Crippen LogP contribution in [0.2, 0.25) is 0 Å². The zero-order valence-electron chi connectivity index (χ0n) is 20.3. The fourth-order valence-corrected chi connectivity index (χ4v) is 3.72. The first kappa shape index (κ1) is 28.0. The van der Waals surface area contributed by atoms with Crippen LogP contribution in [0.15, 0.2) is 42.5 Å². The smallest absolute Gasteiger partial charge is 0.486 e. The molecule has 2 atom stereocenters. The molecule has 2 amide bonds. The predicted octanol–water partition coefficient (Wildman–Crippen LogP) is 3.39. The van der Waals surface area contributed by atoms with Gasteiger partial charge in [-0.2, -0.15) is 0 Å². The average molecular weight is 528 g/mol. The largest absolute Gasteiger partial charge is 0.573 e. The van der Waals surface area contributed by atoms with Crippen LogP contribution in [0.1, 0.15) is 36.2 Å². The molecule has 1 fully saturated rings. The molecule has 0 aromatic heterocycles. The molecule has 202 valence electrons. The Kier molecular flexibility index (Phi) is 8.52. The first-order valence-electron chi connectivity index (χ1n) is 11.4. The Morgan fingerprint density at radius 1 is 1.08 bits per heavy atom. The summed E-state index contributed by atoms with van der Waals surface area (Å²) in [5, 5.41) is 9.42. The number of amides is 2. The molecule has 1 aliphatic rings. The Hall–Kier alpha value is -3.54. The van der Waals surface area contributed by atoms with Crippen molar-refractivity contribution in [3.05, 3.63) is 53.6 Å². The number of aliphatic hydroxyl groups excluding tert-OH is 1. The number of carbonyl (C=O) groups is 2. The van der Waals surface area contributed by atoms with E-state index >= 15 is 4.39 Å². The summed E-state index contributed by atoms with van der Waals surface area (Å²) in [6.45, 7) is 2.94. The zero-order valence-corrected chi connectivity index (χ0v) is 20.3. The topological polar surface area (TPSA) is 111 Å². The van der Waals surface area contributed by atoms with Crippen LogP contribution < -0.4 is 19.9 Å². The molecule has 2 aromatic rings. The Balaban J connectivity index is 1.62. The van der Waals surface area contributed by atoms with Gasteiger partial charge in [-0.15, -0.1) is 13.2 Å². The molecule has 8 nitrogen and oxygen atoms in total. The van der Waals surface area contributed by atoms with Gasteiger partial charge in [-0.1, -0.05) is 12.1 Å². The first-order valence-corrected chi connectivity index (χ1v) is 11.4. The molecule has 0 bridgehead atoms. The van der Waals surface area contributed by atoms with E-state index in [2.05, 4.69) is 4.74 Å². The molecule has 0 spiro atoms. The lowest BCUT2D eigenvalue weighted by atomic mass is 10.0. The summed E-state index contributed by atoms with van der Waals surface area (Å²) in [4.78, 5) is 25.8. The minimum Gasteiger partial charge on any atom is -0.486 e. The van der Waals surface area contributed by atoms with Gasteiger partial charge in [0.1, 0.15) is 29.0 Å². The SMILES string of the molecule is CC(C)(CO)Oc1ccc(C(N)=O)c(O[C@@H]2CCN(C(=O)Cc3ccc(OC(F)(F)F)cc3)C[C@@H]2F)c1. The average Bonchev–Trinajstić information content (AvgIpc) is 2.80. The van der Waals surface area contributed by atoms with Crippen molar-refractivity contribution in [2.45, 2.75) is 50.9 Å². The van der Waals surface area contributed by atoms with Crippen molar-refractivity contribution in [2.75, 3.05) is 19.7 Å². The van der Waals surface area contributed by atoms with Gasteiger partial charge in [0.25, 0.3) is 5.91 Å². The van der Waals surface area contributed by atoms with Crippen molar-refractivity contribution in [1.82, 2.24) is 4.90 Å². The van der Waals surface area contributed by atoms with Crippen LogP contribution in [0.3, 0.4) is 0 Å². The normalized spacial score (nSPS) is 18.3. The van der Waals surface area contributed by atoms with E-state index < -0.39 is 41.8 Å². The minimum atomic E-state index is -4.82. The molecule has 1 saturated heterocycles. The number of hydrogen-bond acceptors (Lipinski definition) is 6. The highest BCUT2D eigenvalue weighted by atomic mass is 19.4. The highest BCUT2D eigenvalue weighted by Crippen LogP contribution is 2.30. The molecule has 0 unspecified atom stereocenters. The number of ether oxygens (including phenoxy) is 3. The van der Waals surface area contributed by atoms with Crippen molar-refractivity contribution in [3.8, 4) is 17.2 Å². The van der Waals surface area contributed by atoms with Crippen LogP contribution in [0.5, 0.6) is 17.2 Å². The number of aliphatic hydroxyl groups is 1. The lowest BCUT2D eigenvalue weighted by Gasteiger charge is -2.35. The lowest BCUT2D eigenvalue weighted by molar-refractivity contribution is -0.274. The van der Waals surface area contributed by atoms with Crippen molar-refractivity contribution in [3.63, 3.8) is 0 Å². The summed E-state index contributed by atoms with van der Waals surface area (Å²) >= 11 is 0. The molecule has 0 saturated carbocycles. The van der Waals surface area contributed by atoms with E-state index in [1.807, 2.05) is 0 Å². The number of nitrogens with two attached hydrogens (primary N) is 1. The van der Waals surface area contributed by atoms with Gasteiger partial charge in [0.15, 0.2) is 6.17 Å². The number of likely N-dealkylation sites (tertiary alicyclic amines) is 1. The number of piperidine rings is 1. The minimum absolute atomic E-state index is 0.0207. The van der Waals surface area contributed by atoms with Crippen molar-refractivity contribution in [1.29, 1.82) is 0 Å². The standard InChI is InChI=1S/C25H28F4N2O6/c1-24(2,14-32)36-17-7-8-18(23(30)34)21(12-17)35-20-9-10-31(13-19(20)26)22(33)11-15-3-5-16(6-4-15)37-25(27,28)29/h3-8,12,19-20,32H,9-11,13-14H2,1-2H3,(H2,30,34)/t19-,20+/m0/s1. The van der Waals surface area contributed by atoms with Gasteiger partial charge in [0, 0.05) is 19.0 Å². The number of hydrogen-bond donors (Lipinski definition) is 2. The van der Waals surface area contributed by atoms with E-state index in [-0.39, 0.29) is 49.6 Å². The van der Waals surface area contributed by atoms with Gasteiger partial charge in [-0.3, -0.25) is 9.59 Å². The third-order valence-electron chi connectivity index (χ3n) is 5.62. The summed E-state index contributed by atoms with van der Waals surface area (Å²) in [6, 6.07) is 9.14. The van der Waals surface area contributed by atoms with E-state index in [4.69, 9.17) is 15.2 Å². The van der Waals surface area contributed by atoms with Gasteiger partial charge < -0.3 is 30.0 Å². The molecule has 2 aromatic carbocycles. The van der Waals surface area contributed by atoms with Crippen molar-refractivity contribution >= 4 is 11.8 Å². The van der Waals surface area contributed by atoms with Crippen LogP contribution in [-0.4, -0.2) is 65.8 Å². The Morgan fingerprint density at radius 3 is 2.30 bits per heavy atom. The number of alkyl halides is 4. The van der Waals surface area contributed by atoms with E-state index in [0.29, 0.717) is 5.56 Å². The van der Waals surface area contributed by atoms with Gasteiger partial charge in [0.05, 0.1) is 25.1 Å². The fraction of sp³-hybridized carbons (Fsp3) is 0.440. The third-order valence-corrected chi connectivity index (χ3v) is 5.62. The molecule has 1 aliphatic heterocycles. The molecular weight excluding hydrogens is 500 g/mol. The molecule has 3 rings (SSSR count). The lowest BCUT2D eigenvalue weighted by Crippen LogP contribution is -2.49. The summed E-state index contributed by atoms with van der Waals surface area (Å²) in [5.74, 6) is -1.28. The third kappa shape index (κ3) is 7.97. The van der Waals surface area contributed by atoms with Crippen LogP contribution in [0.25, 0.3) is 0 Å². The Morgan fingerprint density at radius 2 is 1.73 bits per heavy atom. The van der Waals surface area contributed by atoms with Gasteiger partial charge in [0.2, 0.25) is 5.91 Å². The van der Waals surface area contributed by atoms with Crippen molar-refractivity contribution in [2.24, 2.45) is 5.73 Å². The monoisotopic (exact) mass is 528 g/mol. The summed E-state index contributed by atoms with van der Waals surface area (Å²) in [7, 11) is 0. The summed E-state index contributed by atoms with van der Waals surface area (Å²) < 4.78 is 67.2. The first-order chi connectivity index (χ1) is 17.3. The molecule has 3 N–H and O–H groups in total. The maximum Gasteiger partial charge on any atom is 0.573 e. The number of nitrogens with zero attached hydrogens (tertiary/aromatic N) is 1. The number of rotatable bonds is 9. The highest BCUT2D eigenvalue weighted by Gasteiger charge is 2.34. The van der Waals surface area contributed by atoms with Crippen LogP contribution in [-0.2, 0) is 11.2 Å². The van der Waals surface area contributed by atoms with Crippen LogP contribution in [0, 0.1) is 0 Å². The molecule has 1 heterocycles. The molecular formula is C25H28F4N2O6. The van der Waals surface area contributed by atoms with Gasteiger partial charge in [-0.05, 0) is 43.7 Å². The zero-order chi connectivity index (χ0) is 27.4. The quantitative estimate of drug-likeness (QED) is 0.483. The predicted molar refractivity (Wildman–Crippen MR) is 124 cm³/mol. The summed E-state index contributed by atoms with van der Waals surface area (Å²) in [6.07, 6.45) is -7.38. The number of halogens is 4. The second kappa shape index (κ2) is 11.2. The summed E-state index contributed by atoms with van der Waals surface area (Å²) in [5.41, 5.74) is 4.98. The number of carbonyl (C=O) groups excluding carboxylic acids is 2. The second-order valence-electron chi connectivity index (χ2n) is 9.21. The second-order valence-corrected chi connectivity index (χ2v) is 9.21. The molecule has 37 heavy (non-hydrogen) atoms. The molecule has 12 heteroatoms. The van der Waals surface area contributed by atoms with E-state index in [0.717, 1.165) is 12.1 Å². The number of primary amides is 1. The van der Waals surface area contributed by atoms with E-state index in [1.54, 1.807) is 13.8 Å². The molecule has 0 aliphatic carbocycles. The Bertz CT molecular complexity index is 1110. The number of benzene rings is 2. The fourth-order valence-electron chi connectivity index (χ4n) is 3.72. The maximum atomic E-state index is 15.0. The Labute approximate surface area is 210 Å². The van der Waals surface area contributed by atoms with Crippen molar-refractivity contribution < 1.29 is 46.5 Å².